The molecule has 0 aliphatic heterocycles. The van der Waals surface area contributed by atoms with Crippen LogP contribution in [0, 0.1) is 13.8 Å². The summed E-state index contributed by atoms with van der Waals surface area (Å²) >= 11 is 3.49. The van der Waals surface area contributed by atoms with Gasteiger partial charge in [0, 0.05) is 10.5 Å². The summed E-state index contributed by atoms with van der Waals surface area (Å²) in [6, 6.07) is 2.03. The molecule has 3 heteroatoms. The number of phenols is 1. The van der Waals surface area contributed by atoms with Gasteiger partial charge in [0.15, 0.2) is 0 Å². The average molecular weight is 258 g/mol. The van der Waals surface area contributed by atoms with E-state index in [0.717, 1.165) is 27.6 Å². The van der Waals surface area contributed by atoms with E-state index in [2.05, 4.69) is 15.9 Å². The van der Waals surface area contributed by atoms with Crippen LogP contribution in [0.3, 0.4) is 0 Å². The Morgan fingerprint density at radius 1 is 1.50 bits per heavy atom. The molecule has 1 unspecified atom stereocenters. The van der Waals surface area contributed by atoms with E-state index in [4.69, 9.17) is 5.73 Å². The average Bonchev–Trinajstić information content (AvgIpc) is 2.09. The number of nitrogens with two attached hydrogens (primary N) is 1. The van der Waals surface area contributed by atoms with Gasteiger partial charge < -0.3 is 10.8 Å². The lowest BCUT2D eigenvalue weighted by atomic mass is 9.99. The zero-order valence-electron chi connectivity index (χ0n) is 8.76. The minimum atomic E-state index is 0.104. The van der Waals surface area contributed by atoms with E-state index in [-0.39, 0.29) is 6.04 Å². The fraction of sp³-hybridized carbons (Fsp3) is 0.455. The fourth-order valence-electron chi connectivity index (χ4n) is 1.54. The van der Waals surface area contributed by atoms with Gasteiger partial charge >= 0.3 is 0 Å². The van der Waals surface area contributed by atoms with Gasteiger partial charge in [-0.3, -0.25) is 0 Å². The van der Waals surface area contributed by atoms with Crippen LogP contribution in [0.25, 0.3) is 0 Å². The van der Waals surface area contributed by atoms with Gasteiger partial charge in [0.05, 0.1) is 0 Å². The molecule has 1 aromatic rings. The molecule has 0 heterocycles. The molecule has 1 atom stereocenters. The summed E-state index contributed by atoms with van der Waals surface area (Å²) in [4.78, 5) is 0. The lowest BCUT2D eigenvalue weighted by molar-refractivity contribution is 0.465. The maximum absolute atomic E-state index is 9.76. The molecule has 0 bridgehead atoms. The summed E-state index contributed by atoms with van der Waals surface area (Å²) in [6.07, 6.45) is 0.778. The van der Waals surface area contributed by atoms with Crippen LogP contribution < -0.4 is 5.73 Å². The Morgan fingerprint density at radius 2 is 2.07 bits per heavy atom. The van der Waals surface area contributed by atoms with Crippen LogP contribution in [0.4, 0.5) is 0 Å². The summed E-state index contributed by atoms with van der Waals surface area (Å²) < 4.78 is 1.03. The second kappa shape index (κ2) is 4.32. The van der Waals surface area contributed by atoms with Crippen molar-refractivity contribution >= 4 is 15.9 Å². The first-order chi connectivity index (χ1) is 6.43. The largest absolute Gasteiger partial charge is 0.507 e. The first-order valence-corrected chi connectivity index (χ1v) is 5.46. The van der Waals surface area contributed by atoms with E-state index in [9.17, 15) is 5.11 Å². The van der Waals surface area contributed by atoms with Gasteiger partial charge in [-0.1, -0.05) is 15.9 Å². The summed E-state index contributed by atoms with van der Waals surface area (Å²) in [5.74, 6) is 0.379. The van der Waals surface area contributed by atoms with Crippen LogP contribution >= 0.6 is 15.9 Å². The molecular formula is C11H16BrNO. The monoisotopic (exact) mass is 257 g/mol. The summed E-state index contributed by atoms with van der Waals surface area (Å²) in [7, 11) is 0. The first kappa shape index (κ1) is 11.5. The van der Waals surface area contributed by atoms with Gasteiger partial charge in [0.1, 0.15) is 5.75 Å². The summed E-state index contributed by atoms with van der Waals surface area (Å²) in [6.45, 7) is 5.77. The zero-order chi connectivity index (χ0) is 10.9. The third-order valence-electron chi connectivity index (χ3n) is 2.34. The molecule has 0 fully saturated rings. The summed E-state index contributed by atoms with van der Waals surface area (Å²) in [5, 5.41) is 9.76. The van der Waals surface area contributed by atoms with Crippen molar-refractivity contribution in [3.8, 4) is 5.75 Å². The van der Waals surface area contributed by atoms with E-state index in [1.54, 1.807) is 0 Å². The minimum absolute atomic E-state index is 0.104. The quantitative estimate of drug-likeness (QED) is 0.856. The predicted octanol–water partition coefficient (Wildman–Crippen LogP) is 2.66. The number of halogens is 1. The lowest BCUT2D eigenvalue weighted by Gasteiger charge is -2.14. The van der Waals surface area contributed by atoms with E-state index < -0.39 is 0 Å². The maximum Gasteiger partial charge on any atom is 0.121 e. The molecule has 1 rings (SSSR count). The fourth-order valence-corrected chi connectivity index (χ4v) is 2.34. The lowest BCUT2D eigenvalue weighted by Crippen LogP contribution is -2.18. The molecule has 0 saturated heterocycles. The van der Waals surface area contributed by atoms with Crippen LogP contribution in [-0.4, -0.2) is 11.1 Å². The molecule has 0 radical (unpaired) electrons. The smallest absolute Gasteiger partial charge is 0.121 e. The van der Waals surface area contributed by atoms with Crippen LogP contribution in [0.5, 0.6) is 5.75 Å². The molecular weight excluding hydrogens is 242 g/mol. The Hall–Kier alpha value is -0.540. The number of hydrogen-bond donors (Lipinski definition) is 2. The van der Waals surface area contributed by atoms with Gasteiger partial charge in [0.2, 0.25) is 0 Å². The van der Waals surface area contributed by atoms with Crippen LogP contribution in [0.1, 0.15) is 23.6 Å². The molecule has 0 spiro atoms. The van der Waals surface area contributed by atoms with Gasteiger partial charge in [-0.2, -0.15) is 0 Å². The molecule has 0 amide bonds. The van der Waals surface area contributed by atoms with Crippen molar-refractivity contribution in [1.82, 2.24) is 0 Å². The zero-order valence-corrected chi connectivity index (χ0v) is 10.4. The van der Waals surface area contributed by atoms with Crippen molar-refractivity contribution in [3.05, 3.63) is 27.2 Å². The van der Waals surface area contributed by atoms with E-state index in [1.165, 1.54) is 0 Å². The van der Waals surface area contributed by atoms with Gasteiger partial charge in [-0.25, -0.2) is 0 Å². The van der Waals surface area contributed by atoms with Gasteiger partial charge in [0.25, 0.3) is 0 Å². The van der Waals surface area contributed by atoms with Gasteiger partial charge in [-0.15, -0.1) is 0 Å². The maximum atomic E-state index is 9.76. The number of hydrogen-bond acceptors (Lipinski definition) is 2. The molecule has 0 aliphatic carbocycles. The molecule has 78 valence electrons. The van der Waals surface area contributed by atoms with Crippen LogP contribution in [0.2, 0.25) is 0 Å². The highest BCUT2D eigenvalue weighted by Crippen LogP contribution is 2.31. The van der Waals surface area contributed by atoms with E-state index in [0.29, 0.717) is 5.75 Å². The van der Waals surface area contributed by atoms with Crippen LogP contribution in [-0.2, 0) is 6.42 Å². The molecule has 1 aromatic carbocycles. The standard InChI is InChI=1S/C11H16BrNO/c1-6-4-10(12)9(5-7(2)13)8(3)11(6)14/h4,7,14H,5,13H2,1-3H3. The Labute approximate surface area is 93.3 Å². The Kier molecular flexibility index (Phi) is 3.56. The number of aryl methyl sites for hydroxylation is 1. The highest BCUT2D eigenvalue weighted by atomic mass is 79.9. The van der Waals surface area contributed by atoms with Crippen molar-refractivity contribution in [3.63, 3.8) is 0 Å². The molecule has 2 nitrogen and oxygen atoms in total. The van der Waals surface area contributed by atoms with Crippen molar-refractivity contribution in [2.24, 2.45) is 5.73 Å². The second-order valence-electron chi connectivity index (χ2n) is 3.81. The minimum Gasteiger partial charge on any atom is -0.507 e. The van der Waals surface area contributed by atoms with E-state index >= 15 is 0 Å². The normalized spacial score (nSPS) is 12.9. The number of benzene rings is 1. The molecule has 0 aromatic heterocycles. The molecule has 0 aliphatic rings. The first-order valence-electron chi connectivity index (χ1n) is 4.66. The Morgan fingerprint density at radius 3 is 2.57 bits per heavy atom. The SMILES string of the molecule is Cc1cc(Br)c(CC(C)N)c(C)c1O. The topological polar surface area (TPSA) is 46.2 Å². The number of aromatic hydroxyl groups is 1. The molecule has 0 saturated carbocycles. The number of rotatable bonds is 2. The van der Waals surface area contributed by atoms with E-state index in [1.807, 2.05) is 26.8 Å². The number of phenolic OH excluding ortho intramolecular Hbond substituents is 1. The summed E-state index contributed by atoms with van der Waals surface area (Å²) in [5.41, 5.74) is 8.66. The van der Waals surface area contributed by atoms with Crippen molar-refractivity contribution < 1.29 is 5.11 Å². The third-order valence-corrected chi connectivity index (χ3v) is 3.05. The van der Waals surface area contributed by atoms with Crippen molar-refractivity contribution in [2.75, 3.05) is 0 Å². The van der Waals surface area contributed by atoms with Crippen LogP contribution in [0.15, 0.2) is 10.5 Å². The second-order valence-corrected chi connectivity index (χ2v) is 4.66. The Bertz CT molecular complexity index is 348. The highest BCUT2D eigenvalue weighted by molar-refractivity contribution is 9.10. The molecule has 14 heavy (non-hydrogen) atoms. The van der Waals surface area contributed by atoms with Crippen molar-refractivity contribution in [2.45, 2.75) is 33.2 Å². The van der Waals surface area contributed by atoms with Crippen molar-refractivity contribution in [1.29, 1.82) is 0 Å². The van der Waals surface area contributed by atoms with Gasteiger partial charge in [-0.05, 0) is 49.9 Å². The Balaban J connectivity index is 3.22. The predicted molar refractivity (Wildman–Crippen MR) is 62.6 cm³/mol. The molecule has 3 N–H and O–H groups in total. The highest BCUT2D eigenvalue weighted by Gasteiger charge is 2.11. The third kappa shape index (κ3) is 2.28.